The fraction of sp³-hybridized carbons (Fsp3) is 0.692. The van der Waals surface area contributed by atoms with Gasteiger partial charge in [0.05, 0.1) is 0 Å². The molecule has 4 heteroatoms. The number of rotatable bonds is 4. The molecule has 0 aromatic carbocycles. The van der Waals surface area contributed by atoms with Gasteiger partial charge in [-0.25, -0.2) is 0 Å². The number of nitrogens with one attached hydrogen (secondary N) is 2. The Labute approximate surface area is 116 Å². The summed E-state index contributed by atoms with van der Waals surface area (Å²) < 4.78 is 1.23. The lowest BCUT2D eigenvalue weighted by Gasteiger charge is -2.39. The Bertz CT molecular complexity index is 362. The summed E-state index contributed by atoms with van der Waals surface area (Å²) in [5.74, 6) is 0. The summed E-state index contributed by atoms with van der Waals surface area (Å²) in [4.78, 5) is 1.39. The van der Waals surface area contributed by atoms with Crippen LogP contribution >= 0.6 is 27.3 Å². The topological polar surface area (TPSA) is 24.1 Å². The van der Waals surface area contributed by atoms with Gasteiger partial charge in [-0.2, -0.15) is 0 Å². The molecule has 2 rings (SSSR count). The molecular weight excluding hydrogens is 296 g/mol. The molecule has 1 unspecified atom stereocenters. The average molecular weight is 317 g/mol. The first kappa shape index (κ1) is 13.5. The highest BCUT2D eigenvalue weighted by atomic mass is 79.9. The molecule has 1 saturated heterocycles. The summed E-state index contributed by atoms with van der Waals surface area (Å²) in [6.07, 6.45) is 2.63. The second-order valence-electron chi connectivity index (χ2n) is 5.42. The Balaban J connectivity index is 1.80. The van der Waals surface area contributed by atoms with Crippen LogP contribution in [0.3, 0.4) is 0 Å². The van der Waals surface area contributed by atoms with Crippen LogP contribution in [0.1, 0.15) is 31.6 Å². The molecule has 1 aromatic rings. The van der Waals surface area contributed by atoms with Gasteiger partial charge < -0.3 is 10.6 Å². The lowest BCUT2D eigenvalue weighted by molar-refractivity contribution is 0.176. The highest BCUT2D eigenvalue weighted by Crippen LogP contribution is 2.29. The van der Waals surface area contributed by atoms with Gasteiger partial charge in [0.15, 0.2) is 0 Å². The van der Waals surface area contributed by atoms with Crippen LogP contribution in [0.4, 0.5) is 0 Å². The Morgan fingerprint density at radius 2 is 2.41 bits per heavy atom. The van der Waals surface area contributed by atoms with Crippen LogP contribution in [-0.2, 0) is 6.54 Å². The molecule has 1 aliphatic heterocycles. The van der Waals surface area contributed by atoms with E-state index < -0.39 is 0 Å². The lowest BCUT2D eigenvalue weighted by Crippen LogP contribution is -2.51. The van der Waals surface area contributed by atoms with Crippen LogP contribution in [0.15, 0.2) is 15.9 Å². The maximum absolute atomic E-state index is 3.63. The summed E-state index contributed by atoms with van der Waals surface area (Å²) in [6.45, 7) is 7.92. The third-order valence-electron chi connectivity index (χ3n) is 3.66. The number of halogens is 1. The largest absolute Gasteiger partial charge is 0.312 e. The van der Waals surface area contributed by atoms with Crippen LogP contribution in [0.2, 0.25) is 0 Å². The number of thiophene rings is 1. The molecule has 2 nitrogen and oxygen atoms in total. The van der Waals surface area contributed by atoms with E-state index in [2.05, 4.69) is 51.9 Å². The van der Waals surface area contributed by atoms with E-state index in [4.69, 9.17) is 0 Å². The molecule has 96 valence electrons. The van der Waals surface area contributed by atoms with Gasteiger partial charge in [-0.15, -0.1) is 11.3 Å². The normalized spacial score (nSPS) is 23.8. The van der Waals surface area contributed by atoms with Crippen LogP contribution in [-0.4, -0.2) is 19.1 Å². The number of hydrogen-bond acceptors (Lipinski definition) is 3. The molecule has 1 fully saturated rings. The molecular formula is C13H21BrN2S. The zero-order chi connectivity index (χ0) is 12.3. The molecule has 2 heterocycles. The lowest BCUT2D eigenvalue weighted by atomic mass is 9.77. The van der Waals surface area contributed by atoms with Crippen LogP contribution in [0, 0.1) is 5.41 Å². The number of hydrogen-bond donors (Lipinski definition) is 2. The third kappa shape index (κ3) is 3.53. The van der Waals surface area contributed by atoms with Crippen LogP contribution in [0.25, 0.3) is 0 Å². The first-order chi connectivity index (χ1) is 8.09. The predicted octanol–water partition coefficient (Wildman–Crippen LogP) is 3.38. The van der Waals surface area contributed by atoms with Crippen LogP contribution in [0.5, 0.6) is 0 Å². The van der Waals surface area contributed by atoms with Gasteiger partial charge in [-0.3, -0.25) is 0 Å². The summed E-state index contributed by atoms with van der Waals surface area (Å²) in [7, 11) is 0. The van der Waals surface area contributed by atoms with E-state index in [0.29, 0.717) is 11.5 Å². The maximum Gasteiger partial charge on any atom is 0.0327 e. The minimum absolute atomic E-state index is 0.415. The highest BCUT2D eigenvalue weighted by molar-refractivity contribution is 9.10. The fourth-order valence-corrected chi connectivity index (χ4v) is 3.86. The minimum Gasteiger partial charge on any atom is -0.312 e. The monoisotopic (exact) mass is 316 g/mol. The third-order valence-corrected chi connectivity index (χ3v) is 5.58. The molecule has 0 amide bonds. The van der Waals surface area contributed by atoms with Crippen molar-refractivity contribution in [2.75, 3.05) is 13.1 Å². The first-order valence-corrected chi connectivity index (χ1v) is 7.93. The molecule has 1 aromatic heterocycles. The quantitative estimate of drug-likeness (QED) is 0.890. The zero-order valence-electron chi connectivity index (χ0n) is 10.6. The molecule has 0 spiro atoms. The van der Waals surface area contributed by atoms with Gasteiger partial charge in [-0.1, -0.05) is 13.8 Å². The van der Waals surface area contributed by atoms with E-state index in [0.717, 1.165) is 13.1 Å². The Morgan fingerprint density at radius 3 is 3.06 bits per heavy atom. The van der Waals surface area contributed by atoms with Gasteiger partial charge in [0.25, 0.3) is 0 Å². The number of piperidine rings is 1. The van der Waals surface area contributed by atoms with E-state index in [9.17, 15) is 0 Å². The molecule has 2 N–H and O–H groups in total. The van der Waals surface area contributed by atoms with Crippen molar-refractivity contribution in [3.63, 3.8) is 0 Å². The van der Waals surface area contributed by atoms with Crippen LogP contribution < -0.4 is 10.6 Å². The molecule has 0 bridgehead atoms. The molecule has 0 aliphatic carbocycles. The zero-order valence-corrected chi connectivity index (χ0v) is 13.0. The molecule has 0 saturated carbocycles. The summed E-state index contributed by atoms with van der Waals surface area (Å²) in [5.41, 5.74) is 0.415. The van der Waals surface area contributed by atoms with Crippen molar-refractivity contribution in [3.05, 3.63) is 20.8 Å². The second kappa shape index (κ2) is 5.83. The van der Waals surface area contributed by atoms with E-state index in [1.54, 1.807) is 11.3 Å². The second-order valence-corrected chi connectivity index (χ2v) is 7.28. The first-order valence-electron chi connectivity index (χ1n) is 6.25. The average Bonchev–Trinajstić information content (AvgIpc) is 2.67. The van der Waals surface area contributed by atoms with Gasteiger partial charge in [-0.05, 0) is 52.2 Å². The molecule has 1 aliphatic rings. The molecule has 0 radical (unpaired) electrons. The van der Waals surface area contributed by atoms with E-state index >= 15 is 0 Å². The van der Waals surface area contributed by atoms with Crippen molar-refractivity contribution in [2.24, 2.45) is 5.41 Å². The van der Waals surface area contributed by atoms with Gasteiger partial charge in [0.2, 0.25) is 0 Å². The van der Waals surface area contributed by atoms with Crippen molar-refractivity contribution in [1.29, 1.82) is 0 Å². The Morgan fingerprint density at radius 1 is 1.59 bits per heavy atom. The van der Waals surface area contributed by atoms with Crippen molar-refractivity contribution in [2.45, 2.75) is 39.3 Å². The highest BCUT2D eigenvalue weighted by Gasteiger charge is 2.31. The van der Waals surface area contributed by atoms with E-state index in [-0.39, 0.29) is 0 Å². The van der Waals surface area contributed by atoms with Crippen molar-refractivity contribution in [1.82, 2.24) is 10.6 Å². The van der Waals surface area contributed by atoms with Crippen molar-refractivity contribution < 1.29 is 0 Å². The van der Waals surface area contributed by atoms with Crippen molar-refractivity contribution in [3.8, 4) is 0 Å². The summed E-state index contributed by atoms with van der Waals surface area (Å²) in [5, 5.41) is 9.33. The standard InChI is InChI=1S/C13H21BrN2S/c1-13(2)5-3-6-16-12(13)9-15-8-11-10(14)4-7-17-11/h4,7,12,15-16H,3,5-6,8-9H2,1-2H3. The summed E-state index contributed by atoms with van der Waals surface area (Å²) >= 11 is 5.38. The smallest absolute Gasteiger partial charge is 0.0327 e. The van der Waals surface area contributed by atoms with Gasteiger partial charge in [0, 0.05) is 28.5 Å². The summed E-state index contributed by atoms with van der Waals surface area (Å²) in [6, 6.07) is 2.71. The maximum atomic E-state index is 3.63. The predicted molar refractivity (Wildman–Crippen MR) is 78.5 cm³/mol. The molecule has 1 atom stereocenters. The fourth-order valence-electron chi connectivity index (χ4n) is 2.40. The SMILES string of the molecule is CC1(C)CCCNC1CNCc1sccc1Br. The van der Waals surface area contributed by atoms with E-state index in [1.165, 1.54) is 28.7 Å². The van der Waals surface area contributed by atoms with Gasteiger partial charge >= 0.3 is 0 Å². The molecule has 17 heavy (non-hydrogen) atoms. The minimum atomic E-state index is 0.415. The van der Waals surface area contributed by atoms with E-state index in [1.807, 2.05) is 0 Å². The Kier molecular flexibility index (Phi) is 4.64. The van der Waals surface area contributed by atoms with Gasteiger partial charge in [0.1, 0.15) is 0 Å². The van der Waals surface area contributed by atoms with Crippen molar-refractivity contribution >= 4 is 27.3 Å². The Hall–Kier alpha value is 0.100.